The number of halogens is 3. The number of aliphatic hydroxyl groups excluding tert-OH is 1. The average molecular weight is 347 g/mol. The zero-order valence-electron chi connectivity index (χ0n) is 13.5. The lowest BCUT2D eigenvalue weighted by atomic mass is 9.79. The van der Waals surface area contributed by atoms with Crippen LogP contribution in [0.1, 0.15) is 41.9 Å². The standard InChI is InChI=1S/C15H20F3N3O3/c1-20-12(15(16,17)18)8-10(19-20)13(23)21-6-5-14(24-2)4-3-9(22)7-11(14)21/h8-9,11,22H,3-7H2,1-2H3/t9-,11-,14+/m0/s1. The molecule has 0 radical (unpaired) electrons. The van der Waals surface area contributed by atoms with Crippen LogP contribution in [0.2, 0.25) is 0 Å². The third kappa shape index (κ3) is 2.69. The lowest BCUT2D eigenvalue weighted by Crippen LogP contribution is -2.52. The number of nitrogens with zero attached hydrogens (tertiary/aromatic N) is 3. The van der Waals surface area contributed by atoms with Crippen LogP contribution in [0.15, 0.2) is 6.07 Å². The van der Waals surface area contributed by atoms with Gasteiger partial charge in [0.25, 0.3) is 5.91 Å². The maximum atomic E-state index is 12.9. The number of methoxy groups -OCH3 is 1. The molecular weight excluding hydrogens is 327 g/mol. The molecule has 2 aliphatic rings. The van der Waals surface area contributed by atoms with Crippen molar-refractivity contribution in [1.29, 1.82) is 0 Å². The third-order valence-electron chi connectivity index (χ3n) is 5.21. The molecule has 1 aromatic heterocycles. The van der Waals surface area contributed by atoms with Gasteiger partial charge in [-0.05, 0) is 25.7 Å². The van der Waals surface area contributed by atoms with Crippen LogP contribution in [0.25, 0.3) is 0 Å². The molecule has 0 bridgehead atoms. The van der Waals surface area contributed by atoms with Crippen LogP contribution in [0, 0.1) is 0 Å². The number of alkyl halides is 3. The van der Waals surface area contributed by atoms with Crippen LogP contribution in [0.3, 0.4) is 0 Å². The highest BCUT2D eigenvalue weighted by Gasteiger charge is 2.52. The topological polar surface area (TPSA) is 67.6 Å². The Morgan fingerprint density at radius 1 is 1.46 bits per heavy atom. The van der Waals surface area contributed by atoms with Gasteiger partial charge >= 0.3 is 6.18 Å². The number of hydrogen-bond donors (Lipinski definition) is 1. The Morgan fingerprint density at radius 2 is 2.17 bits per heavy atom. The number of aliphatic hydroxyl groups is 1. The molecule has 0 aromatic carbocycles. The molecule has 134 valence electrons. The van der Waals surface area contributed by atoms with Crippen molar-refractivity contribution < 1.29 is 27.8 Å². The first-order chi connectivity index (χ1) is 11.2. The first kappa shape index (κ1) is 17.2. The summed E-state index contributed by atoms with van der Waals surface area (Å²) in [6.45, 7) is 0.377. The second kappa shape index (κ2) is 5.73. The summed E-state index contributed by atoms with van der Waals surface area (Å²) in [7, 11) is 2.73. The number of hydrogen-bond acceptors (Lipinski definition) is 4. The smallest absolute Gasteiger partial charge is 0.393 e. The van der Waals surface area contributed by atoms with Gasteiger partial charge in [0.15, 0.2) is 5.69 Å². The predicted octanol–water partition coefficient (Wildman–Crippen LogP) is 1.58. The summed E-state index contributed by atoms with van der Waals surface area (Å²) in [4.78, 5) is 14.2. The molecule has 24 heavy (non-hydrogen) atoms. The van der Waals surface area contributed by atoms with E-state index in [-0.39, 0.29) is 11.7 Å². The Labute approximate surface area is 137 Å². The van der Waals surface area contributed by atoms with Gasteiger partial charge < -0.3 is 14.7 Å². The van der Waals surface area contributed by atoms with Crippen LogP contribution in [0.4, 0.5) is 13.2 Å². The van der Waals surface area contributed by atoms with Gasteiger partial charge in [0.05, 0.1) is 17.7 Å². The van der Waals surface area contributed by atoms with Crippen LogP contribution in [-0.2, 0) is 18.0 Å². The highest BCUT2D eigenvalue weighted by atomic mass is 19.4. The van der Waals surface area contributed by atoms with E-state index in [0.717, 1.165) is 13.1 Å². The minimum absolute atomic E-state index is 0.239. The summed E-state index contributed by atoms with van der Waals surface area (Å²) in [6.07, 6.45) is -2.93. The molecule has 0 unspecified atom stereocenters. The number of ether oxygens (including phenoxy) is 1. The number of amides is 1. The molecule has 3 atom stereocenters. The Balaban J connectivity index is 1.88. The quantitative estimate of drug-likeness (QED) is 0.882. The molecule has 1 aliphatic heterocycles. The number of fused-ring (bicyclic) bond motifs is 1. The number of carbonyl (C=O) groups is 1. The van der Waals surface area contributed by atoms with E-state index in [4.69, 9.17) is 4.74 Å². The SMILES string of the molecule is CO[C@@]12CC[C@H](O)C[C@@H]1N(C(=O)c1cc(C(F)(F)F)n(C)n1)CC2. The average Bonchev–Trinajstić information content (AvgIpc) is 3.07. The van der Waals surface area contributed by atoms with E-state index in [0.29, 0.717) is 36.9 Å². The van der Waals surface area contributed by atoms with Gasteiger partial charge in [-0.15, -0.1) is 0 Å². The molecule has 0 spiro atoms. The monoisotopic (exact) mass is 347 g/mol. The van der Waals surface area contributed by atoms with E-state index in [9.17, 15) is 23.1 Å². The number of rotatable bonds is 2. The molecular formula is C15H20F3N3O3. The van der Waals surface area contributed by atoms with Gasteiger partial charge in [-0.1, -0.05) is 0 Å². The van der Waals surface area contributed by atoms with Crippen molar-refractivity contribution in [3.8, 4) is 0 Å². The van der Waals surface area contributed by atoms with Gasteiger partial charge in [-0.2, -0.15) is 18.3 Å². The summed E-state index contributed by atoms with van der Waals surface area (Å²) < 4.78 is 45.0. The van der Waals surface area contributed by atoms with E-state index in [1.165, 1.54) is 4.90 Å². The Kier molecular flexibility index (Phi) is 4.11. The fourth-order valence-electron chi connectivity index (χ4n) is 3.90. The molecule has 1 aromatic rings. The number of aromatic nitrogens is 2. The number of carbonyl (C=O) groups excluding carboxylic acids is 1. The van der Waals surface area contributed by atoms with Crippen LogP contribution < -0.4 is 0 Å². The maximum absolute atomic E-state index is 12.9. The zero-order chi connectivity index (χ0) is 17.7. The molecule has 1 aliphatic carbocycles. The molecule has 1 saturated carbocycles. The van der Waals surface area contributed by atoms with Gasteiger partial charge in [0.1, 0.15) is 5.69 Å². The lowest BCUT2D eigenvalue weighted by Gasteiger charge is -2.42. The molecule has 2 heterocycles. The normalized spacial score (nSPS) is 30.5. The van der Waals surface area contributed by atoms with Gasteiger partial charge in [-0.25, -0.2) is 0 Å². The Hall–Kier alpha value is -1.61. The van der Waals surface area contributed by atoms with Crippen LogP contribution >= 0.6 is 0 Å². The highest BCUT2D eigenvalue weighted by molar-refractivity contribution is 5.93. The van der Waals surface area contributed by atoms with Crippen molar-refractivity contribution in [3.63, 3.8) is 0 Å². The van der Waals surface area contributed by atoms with E-state index in [1.54, 1.807) is 7.11 Å². The molecule has 9 heteroatoms. The second-order valence-electron chi connectivity index (χ2n) is 6.50. The minimum atomic E-state index is -4.57. The Bertz CT molecular complexity index is 646. The lowest BCUT2D eigenvalue weighted by molar-refractivity contribution is -0.143. The fourth-order valence-corrected chi connectivity index (χ4v) is 3.90. The van der Waals surface area contributed by atoms with E-state index < -0.39 is 29.5 Å². The van der Waals surface area contributed by atoms with Crippen molar-refractivity contribution >= 4 is 5.91 Å². The van der Waals surface area contributed by atoms with E-state index in [1.807, 2.05) is 0 Å². The van der Waals surface area contributed by atoms with Crippen LogP contribution in [-0.4, -0.2) is 57.1 Å². The molecule has 2 fully saturated rings. The van der Waals surface area contributed by atoms with Crippen LogP contribution in [0.5, 0.6) is 0 Å². The van der Waals surface area contributed by atoms with Crippen molar-refractivity contribution in [1.82, 2.24) is 14.7 Å². The summed E-state index contributed by atoms with van der Waals surface area (Å²) >= 11 is 0. The van der Waals surface area contributed by atoms with Crippen molar-refractivity contribution in [2.45, 2.75) is 49.6 Å². The summed E-state index contributed by atoms with van der Waals surface area (Å²) in [5.74, 6) is -0.556. The summed E-state index contributed by atoms with van der Waals surface area (Å²) in [5.41, 5.74) is -1.74. The first-order valence-electron chi connectivity index (χ1n) is 7.83. The summed E-state index contributed by atoms with van der Waals surface area (Å²) in [5, 5.41) is 13.7. The number of likely N-dealkylation sites (tertiary alicyclic amines) is 1. The fraction of sp³-hybridized carbons (Fsp3) is 0.733. The number of aryl methyl sites for hydroxylation is 1. The predicted molar refractivity (Wildman–Crippen MR) is 77.2 cm³/mol. The van der Waals surface area contributed by atoms with Gasteiger partial charge in [0, 0.05) is 26.8 Å². The minimum Gasteiger partial charge on any atom is -0.393 e. The third-order valence-corrected chi connectivity index (χ3v) is 5.21. The van der Waals surface area contributed by atoms with Crippen molar-refractivity contribution in [2.75, 3.05) is 13.7 Å². The second-order valence-corrected chi connectivity index (χ2v) is 6.50. The van der Waals surface area contributed by atoms with Crippen molar-refractivity contribution in [3.05, 3.63) is 17.5 Å². The largest absolute Gasteiger partial charge is 0.433 e. The summed E-state index contributed by atoms with van der Waals surface area (Å²) in [6, 6.07) is 0.420. The molecule has 1 saturated heterocycles. The van der Waals surface area contributed by atoms with Gasteiger partial charge in [0.2, 0.25) is 0 Å². The Morgan fingerprint density at radius 3 is 2.75 bits per heavy atom. The molecule has 1 N–H and O–H groups in total. The molecule has 3 rings (SSSR count). The zero-order valence-corrected chi connectivity index (χ0v) is 13.5. The van der Waals surface area contributed by atoms with E-state index in [2.05, 4.69) is 5.10 Å². The maximum Gasteiger partial charge on any atom is 0.433 e. The van der Waals surface area contributed by atoms with Gasteiger partial charge in [-0.3, -0.25) is 9.48 Å². The van der Waals surface area contributed by atoms with E-state index >= 15 is 0 Å². The molecule has 6 nitrogen and oxygen atoms in total. The highest BCUT2D eigenvalue weighted by Crippen LogP contribution is 2.43. The first-order valence-corrected chi connectivity index (χ1v) is 7.83. The van der Waals surface area contributed by atoms with Crippen molar-refractivity contribution in [2.24, 2.45) is 7.05 Å². The molecule has 1 amide bonds.